The number of amides is 1. The monoisotopic (exact) mass is 235 g/mol. The Hall–Kier alpha value is -2.55. The minimum Gasteiger partial charge on any atom is -0.263 e. The van der Waals surface area contributed by atoms with Crippen molar-refractivity contribution < 1.29 is 4.79 Å². The number of carbonyl (C=O) groups is 1. The maximum Gasteiger partial charge on any atom is 0.318 e. The van der Waals surface area contributed by atoms with Crippen LogP contribution in [-0.4, -0.2) is 5.91 Å². The average Bonchev–Trinajstić information content (AvgIpc) is 2.44. The molecule has 0 spiro atoms. The van der Waals surface area contributed by atoms with Crippen LogP contribution in [-0.2, 0) is 0 Å². The van der Waals surface area contributed by atoms with Gasteiger partial charge in [0.15, 0.2) is 0 Å². The van der Waals surface area contributed by atoms with Crippen molar-refractivity contribution in [2.24, 2.45) is 5.18 Å². The average molecular weight is 235 g/mol. The van der Waals surface area contributed by atoms with Crippen LogP contribution in [0.1, 0.15) is 10.4 Å². The fourth-order valence-electron chi connectivity index (χ4n) is 2.29. The predicted octanol–water partition coefficient (Wildman–Crippen LogP) is 3.90. The van der Waals surface area contributed by atoms with Crippen LogP contribution in [0.2, 0.25) is 0 Å². The van der Waals surface area contributed by atoms with Gasteiger partial charge in [0.2, 0.25) is 0 Å². The van der Waals surface area contributed by atoms with Gasteiger partial charge in [0, 0.05) is 5.18 Å². The van der Waals surface area contributed by atoms with Gasteiger partial charge in [-0.25, -0.2) is 0 Å². The lowest BCUT2D eigenvalue weighted by atomic mass is 9.96. The van der Waals surface area contributed by atoms with Crippen molar-refractivity contribution >= 4 is 27.5 Å². The van der Waals surface area contributed by atoms with Crippen molar-refractivity contribution in [1.82, 2.24) is 0 Å². The van der Waals surface area contributed by atoms with Crippen LogP contribution in [0.3, 0.4) is 0 Å². The van der Waals surface area contributed by atoms with Gasteiger partial charge in [-0.2, -0.15) is 0 Å². The molecule has 0 fully saturated rings. The van der Waals surface area contributed by atoms with Gasteiger partial charge >= 0.3 is 5.91 Å². The maximum absolute atomic E-state index is 11.8. The molecule has 3 aromatic carbocycles. The van der Waals surface area contributed by atoms with E-state index in [1.165, 1.54) is 0 Å². The van der Waals surface area contributed by atoms with Gasteiger partial charge in [-0.05, 0) is 27.6 Å². The van der Waals surface area contributed by atoms with Crippen LogP contribution in [0, 0.1) is 4.91 Å². The second-order valence-corrected chi connectivity index (χ2v) is 4.09. The van der Waals surface area contributed by atoms with Gasteiger partial charge < -0.3 is 0 Å². The number of nitrogens with zero attached hydrogens (tertiary/aromatic N) is 1. The molecule has 1 amide bonds. The summed E-state index contributed by atoms with van der Waals surface area (Å²) in [6, 6.07) is 17.0. The SMILES string of the molecule is O=NC(=O)c1c2ccccc2cc2ccccc12. The molecule has 0 unspecified atom stereocenters. The molecule has 0 aliphatic carbocycles. The minimum atomic E-state index is -0.719. The minimum absolute atomic E-state index is 0.388. The third-order valence-corrected chi connectivity index (χ3v) is 3.07. The van der Waals surface area contributed by atoms with Crippen molar-refractivity contribution in [2.75, 3.05) is 0 Å². The van der Waals surface area contributed by atoms with E-state index in [-0.39, 0.29) is 0 Å². The van der Waals surface area contributed by atoms with E-state index in [2.05, 4.69) is 5.18 Å². The van der Waals surface area contributed by atoms with Crippen molar-refractivity contribution in [3.8, 4) is 0 Å². The molecule has 0 radical (unpaired) electrons. The summed E-state index contributed by atoms with van der Waals surface area (Å²) in [5.41, 5.74) is 0.388. The van der Waals surface area contributed by atoms with E-state index < -0.39 is 5.91 Å². The quantitative estimate of drug-likeness (QED) is 0.474. The van der Waals surface area contributed by atoms with Crippen LogP contribution in [0.4, 0.5) is 0 Å². The molecular formula is C15H9NO2. The summed E-state index contributed by atoms with van der Waals surface area (Å²) in [7, 11) is 0. The molecule has 0 aromatic heterocycles. The fourth-order valence-corrected chi connectivity index (χ4v) is 2.29. The Morgan fingerprint density at radius 2 is 1.33 bits per heavy atom. The molecule has 0 saturated carbocycles. The second-order valence-electron chi connectivity index (χ2n) is 4.09. The van der Waals surface area contributed by atoms with E-state index >= 15 is 0 Å². The van der Waals surface area contributed by atoms with E-state index in [0.29, 0.717) is 5.56 Å². The molecule has 3 aromatic rings. The molecule has 0 bridgehead atoms. The molecule has 3 heteroatoms. The molecule has 86 valence electrons. The van der Waals surface area contributed by atoms with Crippen molar-refractivity contribution in [3.05, 3.63) is 65.1 Å². The standard InChI is InChI=1S/C15H9NO2/c17-15(16-18)14-12-7-3-1-5-10(12)9-11-6-2-4-8-13(11)14/h1-9H. The number of fused-ring (bicyclic) bond motifs is 2. The first-order chi connectivity index (χ1) is 8.81. The molecule has 0 atom stereocenters. The van der Waals surface area contributed by atoms with Crippen LogP contribution in [0.25, 0.3) is 21.5 Å². The fraction of sp³-hybridized carbons (Fsp3) is 0. The topological polar surface area (TPSA) is 46.5 Å². The Morgan fingerprint density at radius 1 is 0.833 bits per heavy atom. The van der Waals surface area contributed by atoms with Crippen molar-refractivity contribution in [2.45, 2.75) is 0 Å². The Labute approximate surface area is 103 Å². The number of carbonyl (C=O) groups excluding carboxylic acids is 1. The van der Waals surface area contributed by atoms with E-state index in [0.717, 1.165) is 21.5 Å². The summed E-state index contributed by atoms with van der Waals surface area (Å²) in [4.78, 5) is 22.4. The summed E-state index contributed by atoms with van der Waals surface area (Å²) in [5.74, 6) is -0.719. The zero-order chi connectivity index (χ0) is 12.5. The molecule has 0 aliphatic rings. The van der Waals surface area contributed by atoms with Gasteiger partial charge in [0.25, 0.3) is 0 Å². The smallest absolute Gasteiger partial charge is 0.263 e. The van der Waals surface area contributed by atoms with Gasteiger partial charge in [-0.1, -0.05) is 48.5 Å². The van der Waals surface area contributed by atoms with Crippen molar-refractivity contribution in [1.29, 1.82) is 0 Å². The van der Waals surface area contributed by atoms with Crippen molar-refractivity contribution in [3.63, 3.8) is 0 Å². The molecule has 0 aliphatic heterocycles. The zero-order valence-corrected chi connectivity index (χ0v) is 9.46. The third kappa shape index (κ3) is 1.49. The zero-order valence-electron chi connectivity index (χ0n) is 9.46. The van der Waals surface area contributed by atoms with Crippen LogP contribution in [0.5, 0.6) is 0 Å². The second kappa shape index (κ2) is 4.04. The summed E-state index contributed by atoms with van der Waals surface area (Å²) in [6.45, 7) is 0. The highest BCUT2D eigenvalue weighted by Gasteiger charge is 2.14. The largest absolute Gasteiger partial charge is 0.318 e. The lowest BCUT2D eigenvalue weighted by Crippen LogP contribution is -1.97. The first kappa shape index (κ1) is 10.6. The lowest BCUT2D eigenvalue weighted by Gasteiger charge is -2.07. The van der Waals surface area contributed by atoms with Gasteiger partial charge in [0.1, 0.15) is 0 Å². The van der Waals surface area contributed by atoms with E-state index in [1.807, 2.05) is 54.6 Å². The van der Waals surface area contributed by atoms with Crippen LogP contribution >= 0.6 is 0 Å². The lowest BCUT2D eigenvalue weighted by molar-refractivity contribution is 0.100. The molecule has 0 N–H and O–H groups in total. The van der Waals surface area contributed by atoms with E-state index in [4.69, 9.17) is 0 Å². The molecule has 18 heavy (non-hydrogen) atoms. The molecule has 3 nitrogen and oxygen atoms in total. The number of hydrogen-bond donors (Lipinski definition) is 0. The first-order valence-electron chi connectivity index (χ1n) is 5.59. The highest BCUT2D eigenvalue weighted by atomic mass is 16.3. The number of nitroso groups, excluding NO2 is 1. The first-order valence-corrected chi connectivity index (χ1v) is 5.59. The summed E-state index contributed by atoms with van der Waals surface area (Å²) >= 11 is 0. The Balaban J connectivity index is 2.57. The highest BCUT2D eigenvalue weighted by Crippen LogP contribution is 2.28. The normalized spacial score (nSPS) is 10.7. The Morgan fingerprint density at radius 3 is 1.83 bits per heavy atom. The van der Waals surface area contributed by atoms with E-state index in [9.17, 15) is 9.70 Å². The Bertz CT molecular complexity index is 724. The van der Waals surface area contributed by atoms with Gasteiger partial charge in [0.05, 0.1) is 5.56 Å². The van der Waals surface area contributed by atoms with Crippen LogP contribution in [0.15, 0.2) is 59.8 Å². The summed E-state index contributed by atoms with van der Waals surface area (Å²) in [6.07, 6.45) is 0. The molecular weight excluding hydrogens is 226 g/mol. The Kier molecular flexibility index (Phi) is 2.38. The van der Waals surface area contributed by atoms with Crippen LogP contribution < -0.4 is 0 Å². The number of benzene rings is 3. The summed E-state index contributed by atoms with van der Waals surface area (Å²) < 4.78 is 0. The maximum atomic E-state index is 11.8. The van der Waals surface area contributed by atoms with E-state index in [1.54, 1.807) is 0 Å². The summed E-state index contributed by atoms with van der Waals surface area (Å²) in [5, 5.41) is 5.97. The predicted molar refractivity (Wildman–Crippen MR) is 71.6 cm³/mol. The molecule has 3 rings (SSSR count). The molecule has 0 heterocycles. The van der Waals surface area contributed by atoms with Gasteiger partial charge in [-0.3, -0.25) is 4.79 Å². The van der Waals surface area contributed by atoms with Gasteiger partial charge in [-0.15, -0.1) is 4.91 Å². The highest BCUT2D eigenvalue weighted by molar-refractivity contribution is 6.18. The number of rotatable bonds is 1. The number of hydrogen-bond acceptors (Lipinski definition) is 2. The third-order valence-electron chi connectivity index (χ3n) is 3.07. The molecule has 0 saturated heterocycles.